The van der Waals surface area contributed by atoms with Crippen molar-refractivity contribution in [2.24, 2.45) is 0 Å². The van der Waals surface area contributed by atoms with Crippen LogP contribution in [-0.2, 0) is 0 Å². The van der Waals surface area contributed by atoms with Crippen LogP contribution in [0.4, 0.5) is 5.82 Å². The Bertz CT molecular complexity index is 316. The molecule has 0 aliphatic carbocycles. The Morgan fingerprint density at radius 2 is 2.06 bits per heavy atom. The Labute approximate surface area is 107 Å². The molecule has 0 radical (unpaired) electrons. The minimum absolute atomic E-state index is 0.422. The van der Waals surface area contributed by atoms with Crippen LogP contribution in [0.2, 0.25) is 5.02 Å². The molecule has 0 unspecified atom stereocenters. The fourth-order valence-corrected chi connectivity index (χ4v) is 2.20. The summed E-state index contributed by atoms with van der Waals surface area (Å²) in [6.45, 7) is 5.07. The maximum Gasteiger partial charge on any atom is 0.151 e. The van der Waals surface area contributed by atoms with Gasteiger partial charge < -0.3 is 4.90 Å². The van der Waals surface area contributed by atoms with E-state index in [-0.39, 0.29) is 0 Å². The topological polar surface area (TPSA) is 29.0 Å². The van der Waals surface area contributed by atoms with Crippen LogP contribution in [0.25, 0.3) is 0 Å². The summed E-state index contributed by atoms with van der Waals surface area (Å²) in [7, 11) is 0. The number of alkyl halides is 1. The molecule has 1 aromatic heterocycles. The van der Waals surface area contributed by atoms with E-state index in [1.807, 2.05) is 0 Å². The van der Waals surface area contributed by atoms with Crippen molar-refractivity contribution in [2.45, 2.75) is 32.7 Å². The highest BCUT2D eigenvalue weighted by atomic mass is 35.5. The maximum absolute atomic E-state index is 6.10. The zero-order valence-electron chi connectivity index (χ0n) is 9.66. The van der Waals surface area contributed by atoms with E-state index in [1.165, 1.54) is 6.33 Å². The zero-order valence-corrected chi connectivity index (χ0v) is 11.2. The molecule has 0 aliphatic rings. The molecule has 5 heteroatoms. The first-order valence-electron chi connectivity index (χ1n) is 5.52. The lowest BCUT2D eigenvalue weighted by atomic mass is 10.1. The third-order valence-electron chi connectivity index (χ3n) is 2.63. The summed E-state index contributed by atoms with van der Waals surface area (Å²) in [6, 6.07) is 0.422. The van der Waals surface area contributed by atoms with Gasteiger partial charge in [-0.3, -0.25) is 0 Å². The second-order valence-corrected chi connectivity index (χ2v) is 4.33. The van der Waals surface area contributed by atoms with Crippen LogP contribution >= 0.6 is 23.2 Å². The molecule has 1 aromatic rings. The zero-order chi connectivity index (χ0) is 12.0. The number of aromatic nitrogens is 2. The molecule has 16 heavy (non-hydrogen) atoms. The van der Waals surface area contributed by atoms with Crippen molar-refractivity contribution >= 4 is 29.0 Å². The molecule has 0 bridgehead atoms. The van der Waals surface area contributed by atoms with Crippen molar-refractivity contribution in [1.82, 2.24) is 9.97 Å². The van der Waals surface area contributed by atoms with Gasteiger partial charge in [-0.1, -0.05) is 25.4 Å². The molecular weight excluding hydrogens is 245 g/mol. The standard InChI is InChI=1S/C11H17Cl2N3/c1-3-9(4-2)16(6-5-12)11-10(13)7-14-8-15-11/h7-9H,3-6H2,1-2H3. The highest BCUT2D eigenvalue weighted by Gasteiger charge is 2.18. The second-order valence-electron chi connectivity index (χ2n) is 3.55. The van der Waals surface area contributed by atoms with Crippen LogP contribution in [0, 0.1) is 0 Å². The van der Waals surface area contributed by atoms with Gasteiger partial charge in [0.2, 0.25) is 0 Å². The third kappa shape index (κ3) is 3.22. The molecule has 0 spiro atoms. The van der Waals surface area contributed by atoms with E-state index in [0.717, 1.165) is 25.2 Å². The normalized spacial score (nSPS) is 10.8. The Hall–Kier alpha value is -0.540. The summed E-state index contributed by atoms with van der Waals surface area (Å²) in [5.41, 5.74) is 0. The summed E-state index contributed by atoms with van der Waals surface area (Å²) >= 11 is 11.9. The second kappa shape index (κ2) is 6.92. The first-order valence-corrected chi connectivity index (χ1v) is 6.43. The van der Waals surface area contributed by atoms with Gasteiger partial charge in [0.05, 0.1) is 6.20 Å². The molecule has 0 N–H and O–H groups in total. The molecule has 0 saturated carbocycles. The van der Waals surface area contributed by atoms with E-state index >= 15 is 0 Å². The van der Waals surface area contributed by atoms with Crippen LogP contribution in [0.1, 0.15) is 26.7 Å². The van der Waals surface area contributed by atoms with Gasteiger partial charge in [0.25, 0.3) is 0 Å². The predicted octanol–water partition coefficient (Wildman–Crippen LogP) is 3.36. The maximum atomic E-state index is 6.10. The highest BCUT2D eigenvalue weighted by Crippen LogP contribution is 2.25. The van der Waals surface area contributed by atoms with E-state index in [9.17, 15) is 0 Å². The van der Waals surface area contributed by atoms with Crippen LogP contribution in [0.5, 0.6) is 0 Å². The summed E-state index contributed by atoms with van der Waals surface area (Å²) in [4.78, 5) is 10.3. The molecule has 3 nitrogen and oxygen atoms in total. The van der Waals surface area contributed by atoms with Gasteiger partial charge in [-0.15, -0.1) is 11.6 Å². The summed E-state index contributed by atoms with van der Waals surface area (Å²) in [5.74, 6) is 1.35. The number of hydrogen-bond acceptors (Lipinski definition) is 3. The van der Waals surface area contributed by atoms with Crippen molar-refractivity contribution in [3.8, 4) is 0 Å². The van der Waals surface area contributed by atoms with Gasteiger partial charge in [-0.25, -0.2) is 9.97 Å². The first-order chi connectivity index (χ1) is 7.74. The van der Waals surface area contributed by atoms with Crippen molar-refractivity contribution in [2.75, 3.05) is 17.3 Å². The minimum Gasteiger partial charge on any atom is -0.351 e. The molecular formula is C11H17Cl2N3. The average Bonchev–Trinajstić information content (AvgIpc) is 2.30. The number of anilines is 1. The molecule has 90 valence electrons. The van der Waals surface area contributed by atoms with Gasteiger partial charge in [0.15, 0.2) is 5.82 Å². The number of nitrogens with zero attached hydrogens (tertiary/aromatic N) is 3. The van der Waals surface area contributed by atoms with E-state index in [0.29, 0.717) is 16.9 Å². The molecule has 1 heterocycles. The SMILES string of the molecule is CCC(CC)N(CCCl)c1ncncc1Cl. The number of halogens is 2. The van der Waals surface area contributed by atoms with Crippen molar-refractivity contribution in [3.63, 3.8) is 0 Å². The smallest absolute Gasteiger partial charge is 0.151 e. The Morgan fingerprint density at radius 1 is 1.38 bits per heavy atom. The van der Waals surface area contributed by atoms with Crippen LogP contribution in [0.3, 0.4) is 0 Å². The van der Waals surface area contributed by atoms with Crippen LogP contribution < -0.4 is 4.90 Å². The monoisotopic (exact) mass is 261 g/mol. The minimum atomic E-state index is 0.422. The van der Waals surface area contributed by atoms with Gasteiger partial charge in [0.1, 0.15) is 11.3 Å². The predicted molar refractivity (Wildman–Crippen MR) is 69.5 cm³/mol. The van der Waals surface area contributed by atoms with Crippen LogP contribution in [0.15, 0.2) is 12.5 Å². The van der Waals surface area contributed by atoms with Crippen molar-refractivity contribution < 1.29 is 0 Å². The summed E-state index contributed by atoms with van der Waals surface area (Å²) in [6.07, 6.45) is 5.24. The Kier molecular flexibility index (Phi) is 5.85. The lowest BCUT2D eigenvalue weighted by molar-refractivity contribution is 0.562. The Balaban J connectivity index is 2.97. The van der Waals surface area contributed by atoms with E-state index in [2.05, 4.69) is 28.7 Å². The largest absolute Gasteiger partial charge is 0.351 e. The van der Waals surface area contributed by atoms with Gasteiger partial charge in [-0.05, 0) is 12.8 Å². The molecule has 0 aromatic carbocycles. The Morgan fingerprint density at radius 3 is 2.56 bits per heavy atom. The van der Waals surface area contributed by atoms with Gasteiger partial charge in [0, 0.05) is 18.5 Å². The quantitative estimate of drug-likeness (QED) is 0.736. The van der Waals surface area contributed by atoms with E-state index in [1.54, 1.807) is 6.20 Å². The van der Waals surface area contributed by atoms with E-state index in [4.69, 9.17) is 23.2 Å². The van der Waals surface area contributed by atoms with E-state index < -0.39 is 0 Å². The fraction of sp³-hybridized carbons (Fsp3) is 0.636. The highest BCUT2D eigenvalue weighted by molar-refractivity contribution is 6.32. The average molecular weight is 262 g/mol. The fourth-order valence-electron chi connectivity index (χ4n) is 1.80. The number of hydrogen-bond donors (Lipinski definition) is 0. The molecule has 0 saturated heterocycles. The molecule has 1 rings (SSSR count). The summed E-state index contributed by atoms with van der Waals surface area (Å²) < 4.78 is 0. The van der Waals surface area contributed by atoms with Gasteiger partial charge in [-0.2, -0.15) is 0 Å². The van der Waals surface area contributed by atoms with Gasteiger partial charge >= 0.3 is 0 Å². The van der Waals surface area contributed by atoms with Crippen molar-refractivity contribution in [3.05, 3.63) is 17.5 Å². The van der Waals surface area contributed by atoms with Crippen LogP contribution in [-0.4, -0.2) is 28.4 Å². The third-order valence-corrected chi connectivity index (χ3v) is 3.06. The molecule has 0 aliphatic heterocycles. The number of rotatable bonds is 6. The lowest BCUT2D eigenvalue weighted by Crippen LogP contribution is -2.37. The summed E-state index contributed by atoms with van der Waals surface area (Å²) in [5, 5.41) is 0.583. The van der Waals surface area contributed by atoms with Crippen molar-refractivity contribution in [1.29, 1.82) is 0 Å². The molecule has 0 fully saturated rings. The molecule has 0 atom stereocenters. The molecule has 0 amide bonds. The lowest BCUT2D eigenvalue weighted by Gasteiger charge is -2.31. The first kappa shape index (κ1) is 13.5.